The van der Waals surface area contributed by atoms with Gasteiger partial charge in [-0.25, -0.2) is 5.06 Å². The van der Waals surface area contributed by atoms with Gasteiger partial charge in [0.05, 0.1) is 7.11 Å². The number of hydrogen-bond acceptors (Lipinski definition) is 3. The minimum Gasteiger partial charge on any atom is -0.402 e. The molecule has 2 N–H and O–H groups in total. The van der Waals surface area contributed by atoms with Crippen LogP contribution in [0.25, 0.3) is 0 Å². The van der Waals surface area contributed by atoms with Crippen LogP contribution in [-0.4, -0.2) is 25.1 Å². The molecule has 0 aromatic rings. The molecule has 0 spiro atoms. The molecule has 0 aromatic heterocycles. The van der Waals surface area contributed by atoms with Crippen LogP contribution in [0.15, 0.2) is 11.8 Å². The zero-order chi connectivity index (χ0) is 8.15. The van der Waals surface area contributed by atoms with Gasteiger partial charge in [-0.1, -0.05) is 0 Å². The number of rotatable bonds is 2. The first-order valence-electron chi connectivity index (χ1n) is 2.83. The molecule has 0 bridgehead atoms. The van der Waals surface area contributed by atoms with Gasteiger partial charge in [-0.05, 0) is 6.92 Å². The van der Waals surface area contributed by atoms with Gasteiger partial charge in [-0.2, -0.15) is 0 Å². The summed E-state index contributed by atoms with van der Waals surface area (Å²) in [7, 11) is 2.93. The molecule has 0 aliphatic carbocycles. The van der Waals surface area contributed by atoms with E-state index in [1.54, 1.807) is 6.92 Å². The largest absolute Gasteiger partial charge is 0.402 e. The second-order valence-electron chi connectivity index (χ2n) is 1.91. The lowest BCUT2D eigenvalue weighted by molar-refractivity contribution is -0.162. The molecule has 0 aliphatic rings. The summed E-state index contributed by atoms with van der Waals surface area (Å²) in [6.45, 7) is 1.64. The Kier molecular flexibility index (Phi) is 3.49. The molecule has 0 rings (SSSR count). The standard InChI is InChI=1S/C6H12N2O2/c1-5(7)4-6(9)8(2)10-3/h4H,7H2,1-3H3/b5-4-. The maximum absolute atomic E-state index is 10.8. The molecule has 0 aliphatic heterocycles. The summed E-state index contributed by atoms with van der Waals surface area (Å²) in [4.78, 5) is 15.4. The van der Waals surface area contributed by atoms with Gasteiger partial charge in [-0.15, -0.1) is 0 Å². The molecule has 0 unspecified atom stereocenters. The van der Waals surface area contributed by atoms with E-state index in [4.69, 9.17) is 5.73 Å². The van der Waals surface area contributed by atoms with Crippen molar-refractivity contribution in [2.75, 3.05) is 14.2 Å². The van der Waals surface area contributed by atoms with Crippen molar-refractivity contribution < 1.29 is 9.63 Å². The first-order valence-corrected chi connectivity index (χ1v) is 2.83. The minimum atomic E-state index is -0.262. The summed E-state index contributed by atoms with van der Waals surface area (Å²) in [5.74, 6) is -0.262. The monoisotopic (exact) mass is 144 g/mol. The van der Waals surface area contributed by atoms with Crippen molar-refractivity contribution in [1.29, 1.82) is 0 Å². The number of carbonyl (C=O) groups is 1. The van der Waals surface area contributed by atoms with Gasteiger partial charge in [-0.3, -0.25) is 9.63 Å². The van der Waals surface area contributed by atoms with Crippen LogP contribution in [0.1, 0.15) is 6.92 Å². The van der Waals surface area contributed by atoms with Crippen LogP contribution in [0, 0.1) is 0 Å². The molecule has 0 fully saturated rings. The summed E-state index contributed by atoms with van der Waals surface area (Å²) >= 11 is 0. The number of amides is 1. The van der Waals surface area contributed by atoms with Gasteiger partial charge < -0.3 is 5.73 Å². The zero-order valence-corrected chi connectivity index (χ0v) is 6.42. The molecule has 0 radical (unpaired) electrons. The Hall–Kier alpha value is -1.03. The van der Waals surface area contributed by atoms with E-state index < -0.39 is 0 Å². The van der Waals surface area contributed by atoms with Crippen LogP contribution in [0.4, 0.5) is 0 Å². The van der Waals surface area contributed by atoms with Crippen LogP contribution < -0.4 is 5.73 Å². The number of carbonyl (C=O) groups excluding carboxylic acids is 1. The van der Waals surface area contributed by atoms with E-state index >= 15 is 0 Å². The molecule has 0 saturated heterocycles. The maximum atomic E-state index is 10.8. The fraction of sp³-hybridized carbons (Fsp3) is 0.500. The maximum Gasteiger partial charge on any atom is 0.271 e. The van der Waals surface area contributed by atoms with E-state index in [9.17, 15) is 4.79 Å². The third kappa shape index (κ3) is 3.09. The summed E-state index contributed by atoms with van der Waals surface area (Å²) in [5.41, 5.74) is 5.71. The minimum absolute atomic E-state index is 0.262. The van der Waals surface area contributed by atoms with E-state index in [1.165, 1.54) is 20.2 Å². The van der Waals surface area contributed by atoms with Crippen LogP contribution in [0.3, 0.4) is 0 Å². The number of nitrogens with two attached hydrogens (primary N) is 1. The first kappa shape index (κ1) is 8.97. The van der Waals surface area contributed by atoms with Crippen LogP contribution in [0.5, 0.6) is 0 Å². The third-order valence-corrected chi connectivity index (χ3v) is 0.935. The summed E-state index contributed by atoms with van der Waals surface area (Å²) in [6, 6.07) is 0. The Morgan fingerprint density at radius 1 is 1.70 bits per heavy atom. The Morgan fingerprint density at radius 3 is 2.50 bits per heavy atom. The Bertz CT molecular complexity index is 150. The van der Waals surface area contributed by atoms with E-state index in [0.29, 0.717) is 5.70 Å². The molecule has 0 heterocycles. The van der Waals surface area contributed by atoms with Crippen LogP contribution >= 0.6 is 0 Å². The highest BCUT2D eigenvalue weighted by Crippen LogP contribution is 1.88. The van der Waals surface area contributed by atoms with Gasteiger partial charge in [0.2, 0.25) is 0 Å². The fourth-order valence-corrected chi connectivity index (χ4v) is 0.376. The van der Waals surface area contributed by atoms with E-state index in [-0.39, 0.29) is 5.91 Å². The van der Waals surface area contributed by atoms with Crippen molar-refractivity contribution >= 4 is 5.91 Å². The molecule has 0 saturated carbocycles. The van der Waals surface area contributed by atoms with Crippen LogP contribution in [-0.2, 0) is 9.63 Å². The Balaban J connectivity index is 3.97. The predicted octanol–water partition coefficient (Wildman–Crippen LogP) is -0.131. The first-order chi connectivity index (χ1) is 4.57. The second kappa shape index (κ2) is 3.90. The van der Waals surface area contributed by atoms with Crippen molar-refractivity contribution in [3.63, 3.8) is 0 Å². The lowest BCUT2D eigenvalue weighted by atomic mass is 10.4. The average Bonchev–Trinajstić information content (AvgIpc) is 1.85. The van der Waals surface area contributed by atoms with Crippen molar-refractivity contribution in [1.82, 2.24) is 5.06 Å². The SMILES string of the molecule is CON(C)C(=O)/C=C(/C)N. The zero-order valence-electron chi connectivity index (χ0n) is 6.42. The number of hydroxylamine groups is 2. The van der Waals surface area contributed by atoms with Gasteiger partial charge in [0.15, 0.2) is 0 Å². The molecular weight excluding hydrogens is 132 g/mol. The van der Waals surface area contributed by atoms with Crippen molar-refractivity contribution in [2.24, 2.45) is 5.73 Å². The lowest BCUT2D eigenvalue weighted by Crippen LogP contribution is -2.24. The molecule has 0 aromatic carbocycles. The van der Waals surface area contributed by atoms with Gasteiger partial charge >= 0.3 is 0 Å². The number of hydrogen-bond donors (Lipinski definition) is 1. The van der Waals surface area contributed by atoms with Crippen molar-refractivity contribution in [2.45, 2.75) is 6.92 Å². The topological polar surface area (TPSA) is 55.6 Å². The third-order valence-electron chi connectivity index (χ3n) is 0.935. The quantitative estimate of drug-likeness (QED) is 0.434. The fourth-order valence-electron chi connectivity index (χ4n) is 0.376. The number of allylic oxidation sites excluding steroid dienone is 1. The average molecular weight is 144 g/mol. The Labute approximate surface area is 60.2 Å². The highest BCUT2D eigenvalue weighted by atomic mass is 16.7. The highest BCUT2D eigenvalue weighted by molar-refractivity contribution is 5.86. The van der Waals surface area contributed by atoms with Gasteiger partial charge in [0.25, 0.3) is 5.91 Å². The van der Waals surface area contributed by atoms with E-state index in [1.807, 2.05) is 0 Å². The lowest BCUT2D eigenvalue weighted by Gasteiger charge is -2.10. The van der Waals surface area contributed by atoms with Crippen molar-refractivity contribution in [3.05, 3.63) is 11.8 Å². The second-order valence-corrected chi connectivity index (χ2v) is 1.91. The van der Waals surface area contributed by atoms with E-state index in [0.717, 1.165) is 5.06 Å². The molecular formula is C6H12N2O2. The van der Waals surface area contributed by atoms with Crippen LogP contribution in [0.2, 0.25) is 0 Å². The molecule has 4 heteroatoms. The van der Waals surface area contributed by atoms with Gasteiger partial charge in [0.1, 0.15) is 0 Å². The molecule has 10 heavy (non-hydrogen) atoms. The highest BCUT2D eigenvalue weighted by Gasteiger charge is 2.01. The smallest absolute Gasteiger partial charge is 0.271 e. The van der Waals surface area contributed by atoms with E-state index in [2.05, 4.69) is 4.84 Å². The molecule has 4 nitrogen and oxygen atoms in total. The summed E-state index contributed by atoms with van der Waals surface area (Å²) < 4.78 is 0. The molecule has 58 valence electrons. The number of nitrogens with zero attached hydrogens (tertiary/aromatic N) is 1. The molecule has 1 amide bonds. The van der Waals surface area contributed by atoms with Crippen molar-refractivity contribution in [3.8, 4) is 0 Å². The molecule has 0 atom stereocenters. The van der Waals surface area contributed by atoms with Gasteiger partial charge in [0, 0.05) is 18.8 Å². The summed E-state index contributed by atoms with van der Waals surface area (Å²) in [5, 5.41) is 1.09. The number of likely N-dealkylation sites (N-methyl/N-ethyl adjacent to an activating group) is 1. The Morgan fingerprint density at radius 2 is 2.20 bits per heavy atom. The summed E-state index contributed by atoms with van der Waals surface area (Å²) in [6.07, 6.45) is 1.30. The predicted molar refractivity (Wildman–Crippen MR) is 37.7 cm³/mol. The normalized spacial score (nSPS) is 11.3.